The largest absolute Gasteiger partial charge is 0.380 e. The van der Waals surface area contributed by atoms with Crippen LogP contribution < -0.4 is 5.73 Å². The molecule has 2 aromatic heterocycles. The third kappa shape index (κ3) is 2.32. The molecule has 4 heteroatoms. The molecule has 0 aliphatic rings. The van der Waals surface area contributed by atoms with Crippen LogP contribution in [0.1, 0.15) is 38.4 Å². The Hall–Kier alpha value is -1.58. The van der Waals surface area contributed by atoms with Crippen molar-refractivity contribution in [1.82, 2.24) is 10.1 Å². The van der Waals surface area contributed by atoms with Gasteiger partial charge in [-0.2, -0.15) is 0 Å². The van der Waals surface area contributed by atoms with Gasteiger partial charge in [-0.3, -0.25) is 4.98 Å². The quantitative estimate of drug-likeness (QED) is 0.803. The molecule has 0 saturated heterocycles. The first-order chi connectivity index (χ1) is 7.65. The Morgan fingerprint density at radius 2 is 1.94 bits per heavy atom. The molecule has 0 bridgehead atoms. The van der Waals surface area contributed by atoms with Crippen molar-refractivity contribution >= 4 is 16.8 Å². The molecular weight excluding hydrogens is 202 g/mol. The van der Waals surface area contributed by atoms with E-state index in [1.54, 1.807) is 6.20 Å². The number of fused-ring (bicyclic) bond motifs is 1. The third-order valence-corrected chi connectivity index (χ3v) is 2.12. The van der Waals surface area contributed by atoms with Gasteiger partial charge in [0.15, 0.2) is 11.4 Å². The summed E-state index contributed by atoms with van der Waals surface area (Å²) in [5, 5.41) is 4.62. The average molecular weight is 221 g/mol. The fourth-order valence-electron chi connectivity index (χ4n) is 1.43. The number of pyridine rings is 1. The molecule has 2 N–H and O–H groups in total. The SMILES string of the molecule is CCC.CCc1ncc(C)c2c(N)noc12. The number of anilines is 1. The highest BCUT2D eigenvalue weighted by Gasteiger charge is 2.11. The Labute approximate surface area is 95.8 Å². The third-order valence-electron chi connectivity index (χ3n) is 2.12. The minimum Gasteiger partial charge on any atom is -0.380 e. The monoisotopic (exact) mass is 221 g/mol. The summed E-state index contributed by atoms with van der Waals surface area (Å²) in [4.78, 5) is 4.25. The van der Waals surface area contributed by atoms with Crippen LogP contribution in [0.15, 0.2) is 10.7 Å². The minimum absolute atomic E-state index is 0.449. The minimum atomic E-state index is 0.449. The fourth-order valence-corrected chi connectivity index (χ4v) is 1.43. The van der Waals surface area contributed by atoms with E-state index >= 15 is 0 Å². The summed E-state index contributed by atoms with van der Waals surface area (Å²) >= 11 is 0. The van der Waals surface area contributed by atoms with E-state index in [-0.39, 0.29) is 0 Å². The molecule has 0 saturated carbocycles. The Bertz CT molecular complexity index is 462. The molecule has 0 fully saturated rings. The van der Waals surface area contributed by atoms with Crippen LogP contribution in [0.25, 0.3) is 11.0 Å². The number of hydrogen-bond acceptors (Lipinski definition) is 4. The number of aromatic nitrogens is 2. The summed E-state index contributed by atoms with van der Waals surface area (Å²) < 4.78 is 5.11. The van der Waals surface area contributed by atoms with Crippen LogP contribution in [0.3, 0.4) is 0 Å². The van der Waals surface area contributed by atoms with E-state index in [2.05, 4.69) is 24.0 Å². The van der Waals surface area contributed by atoms with Gasteiger partial charge in [0.05, 0.1) is 11.1 Å². The number of nitrogens with two attached hydrogens (primary N) is 1. The maximum atomic E-state index is 5.67. The van der Waals surface area contributed by atoms with Gasteiger partial charge in [-0.25, -0.2) is 0 Å². The Morgan fingerprint density at radius 1 is 1.31 bits per heavy atom. The summed E-state index contributed by atoms with van der Waals surface area (Å²) in [5.41, 5.74) is 8.30. The molecule has 0 atom stereocenters. The molecule has 0 unspecified atom stereocenters. The van der Waals surface area contributed by atoms with Gasteiger partial charge in [0.2, 0.25) is 0 Å². The fraction of sp³-hybridized carbons (Fsp3) is 0.500. The average Bonchev–Trinajstić information content (AvgIpc) is 2.64. The zero-order valence-corrected chi connectivity index (χ0v) is 10.4. The van der Waals surface area contributed by atoms with Gasteiger partial charge in [-0.05, 0) is 18.9 Å². The first kappa shape index (κ1) is 12.5. The predicted octanol–water partition coefficient (Wildman–Crippen LogP) is 3.09. The molecule has 88 valence electrons. The Morgan fingerprint density at radius 3 is 2.50 bits per heavy atom. The lowest BCUT2D eigenvalue weighted by Gasteiger charge is -1.98. The topological polar surface area (TPSA) is 64.9 Å². The molecule has 0 aliphatic heterocycles. The van der Waals surface area contributed by atoms with E-state index in [0.717, 1.165) is 28.6 Å². The van der Waals surface area contributed by atoms with E-state index in [1.165, 1.54) is 6.42 Å². The van der Waals surface area contributed by atoms with E-state index in [0.29, 0.717) is 5.82 Å². The van der Waals surface area contributed by atoms with E-state index in [1.807, 2.05) is 13.8 Å². The second-order valence-electron chi connectivity index (χ2n) is 3.72. The van der Waals surface area contributed by atoms with Crippen molar-refractivity contribution in [3.63, 3.8) is 0 Å². The van der Waals surface area contributed by atoms with Crippen LogP contribution in [-0.4, -0.2) is 10.1 Å². The lowest BCUT2D eigenvalue weighted by molar-refractivity contribution is 0.457. The van der Waals surface area contributed by atoms with Crippen molar-refractivity contribution in [2.24, 2.45) is 0 Å². The zero-order chi connectivity index (χ0) is 12.1. The van der Waals surface area contributed by atoms with Gasteiger partial charge in [-0.15, -0.1) is 0 Å². The molecule has 0 radical (unpaired) electrons. The molecule has 0 spiro atoms. The normalized spacial score (nSPS) is 10.0. The second kappa shape index (κ2) is 5.49. The van der Waals surface area contributed by atoms with Gasteiger partial charge in [0.1, 0.15) is 0 Å². The molecule has 0 amide bonds. The molecule has 0 aromatic carbocycles. The molecule has 0 aliphatic carbocycles. The highest BCUT2D eigenvalue weighted by atomic mass is 16.5. The summed E-state index contributed by atoms with van der Waals surface area (Å²) in [7, 11) is 0. The molecule has 2 aromatic rings. The summed E-state index contributed by atoms with van der Waals surface area (Å²) in [6, 6.07) is 0. The number of rotatable bonds is 1. The van der Waals surface area contributed by atoms with Crippen molar-refractivity contribution in [3.8, 4) is 0 Å². The van der Waals surface area contributed by atoms with Gasteiger partial charge < -0.3 is 10.3 Å². The molecule has 16 heavy (non-hydrogen) atoms. The van der Waals surface area contributed by atoms with Gasteiger partial charge in [0.25, 0.3) is 0 Å². The number of nitrogen functional groups attached to an aromatic ring is 1. The Kier molecular flexibility index (Phi) is 4.28. The van der Waals surface area contributed by atoms with Crippen LogP contribution in [0.4, 0.5) is 5.82 Å². The van der Waals surface area contributed by atoms with Crippen molar-refractivity contribution in [1.29, 1.82) is 0 Å². The van der Waals surface area contributed by atoms with E-state index < -0.39 is 0 Å². The molecule has 4 nitrogen and oxygen atoms in total. The van der Waals surface area contributed by atoms with Crippen LogP contribution in [0, 0.1) is 6.92 Å². The number of nitrogens with zero attached hydrogens (tertiary/aromatic N) is 2. The summed E-state index contributed by atoms with van der Waals surface area (Å²) in [5.74, 6) is 0.449. The maximum Gasteiger partial charge on any atom is 0.190 e. The van der Waals surface area contributed by atoms with Crippen LogP contribution in [0.5, 0.6) is 0 Å². The van der Waals surface area contributed by atoms with Crippen LogP contribution in [0.2, 0.25) is 0 Å². The van der Waals surface area contributed by atoms with Crippen LogP contribution >= 0.6 is 0 Å². The highest BCUT2D eigenvalue weighted by Crippen LogP contribution is 2.25. The Balaban J connectivity index is 0.000000386. The van der Waals surface area contributed by atoms with Crippen molar-refractivity contribution in [2.75, 3.05) is 5.73 Å². The zero-order valence-electron chi connectivity index (χ0n) is 10.4. The first-order valence-corrected chi connectivity index (χ1v) is 5.64. The summed E-state index contributed by atoms with van der Waals surface area (Å²) in [6.07, 6.45) is 3.88. The van der Waals surface area contributed by atoms with Gasteiger partial charge in [-0.1, -0.05) is 32.3 Å². The van der Waals surface area contributed by atoms with E-state index in [4.69, 9.17) is 10.3 Å². The number of hydrogen-bond donors (Lipinski definition) is 1. The molecule has 2 rings (SSSR count). The second-order valence-corrected chi connectivity index (χ2v) is 3.72. The summed E-state index contributed by atoms with van der Waals surface area (Å²) in [6.45, 7) is 8.22. The van der Waals surface area contributed by atoms with Gasteiger partial charge >= 0.3 is 0 Å². The standard InChI is InChI=1S/C9H11N3O.C3H8/c1-3-6-8-7(5(2)4-11-6)9(10)12-13-8;1-3-2/h4H,3H2,1-2H3,(H2,10,12);3H2,1-2H3. The van der Waals surface area contributed by atoms with Gasteiger partial charge in [0, 0.05) is 6.20 Å². The first-order valence-electron chi connectivity index (χ1n) is 5.64. The van der Waals surface area contributed by atoms with Crippen LogP contribution in [-0.2, 0) is 6.42 Å². The van der Waals surface area contributed by atoms with Crippen molar-refractivity contribution in [2.45, 2.75) is 40.5 Å². The lowest BCUT2D eigenvalue weighted by Crippen LogP contribution is -1.91. The van der Waals surface area contributed by atoms with Crippen molar-refractivity contribution in [3.05, 3.63) is 17.5 Å². The molecular formula is C12H19N3O. The number of aryl methyl sites for hydroxylation is 2. The predicted molar refractivity (Wildman–Crippen MR) is 66.3 cm³/mol. The van der Waals surface area contributed by atoms with E-state index in [9.17, 15) is 0 Å². The molecule has 2 heterocycles. The smallest absolute Gasteiger partial charge is 0.190 e. The van der Waals surface area contributed by atoms with Crippen molar-refractivity contribution < 1.29 is 4.52 Å². The maximum absolute atomic E-state index is 5.67. The highest BCUT2D eigenvalue weighted by molar-refractivity contribution is 5.90. The lowest BCUT2D eigenvalue weighted by atomic mass is 10.1.